The Labute approximate surface area is 122 Å². The molecule has 0 bridgehead atoms. The Morgan fingerprint density at radius 1 is 1.43 bits per heavy atom. The summed E-state index contributed by atoms with van der Waals surface area (Å²) >= 11 is 0. The van der Waals surface area contributed by atoms with E-state index in [0.29, 0.717) is 5.39 Å². The van der Waals surface area contributed by atoms with Gasteiger partial charge < -0.3 is 10.4 Å². The summed E-state index contributed by atoms with van der Waals surface area (Å²) in [6.45, 7) is 1.92. The molecule has 110 valence electrons. The number of nitro groups is 1. The van der Waals surface area contributed by atoms with Gasteiger partial charge in [0.15, 0.2) is 0 Å². The Kier molecular flexibility index (Phi) is 3.25. The molecule has 0 radical (unpaired) electrons. The van der Waals surface area contributed by atoms with E-state index in [0.717, 1.165) is 36.0 Å². The Balaban J connectivity index is 2.13. The summed E-state index contributed by atoms with van der Waals surface area (Å²) in [5.74, 6) is 0. The van der Waals surface area contributed by atoms with E-state index in [2.05, 4.69) is 10.3 Å². The van der Waals surface area contributed by atoms with Crippen LogP contribution in [0.15, 0.2) is 24.4 Å². The van der Waals surface area contributed by atoms with Gasteiger partial charge in [0.25, 0.3) is 5.69 Å². The molecule has 0 atom stereocenters. The number of aliphatic hydroxyl groups is 1. The molecule has 2 N–H and O–H groups in total. The van der Waals surface area contributed by atoms with Crippen molar-refractivity contribution >= 4 is 22.1 Å². The first-order valence-electron chi connectivity index (χ1n) is 6.97. The van der Waals surface area contributed by atoms with Crippen LogP contribution in [0.1, 0.15) is 25.0 Å². The zero-order chi connectivity index (χ0) is 15.0. The third-order valence-electron chi connectivity index (χ3n) is 4.22. The lowest BCUT2D eigenvalue weighted by molar-refractivity contribution is -0.383. The first-order valence-corrected chi connectivity index (χ1v) is 6.97. The number of non-ortho nitro benzene ring substituents is 1. The average Bonchev–Trinajstić information content (AvgIpc) is 2.42. The molecule has 3 rings (SSSR count). The van der Waals surface area contributed by atoms with E-state index in [9.17, 15) is 15.2 Å². The maximum atomic E-state index is 11.1. The van der Waals surface area contributed by atoms with Crippen molar-refractivity contribution in [2.24, 2.45) is 0 Å². The van der Waals surface area contributed by atoms with Crippen LogP contribution in [0.5, 0.6) is 0 Å². The van der Waals surface area contributed by atoms with Gasteiger partial charge in [-0.3, -0.25) is 15.1 Å². The Bertz CT molecular complexity index is 705. The summed E-state index contributed by atoms with van der Waals surface area (Å²) in [5.41, 5.74) is 1.38. The van der Waals surface area contributed by atoms with Crippen LogP contribution in [0.25, 0.3) is 10.8 Å². The normalized spacial score (nSPS) is 16.5. The van der Waals surface area contributed by atoms with E-state index in [4.69, 9.17) is 0 Å². The van der Waals surface area contributed by atoms with Crippen LogP contribution in [0, 0.1) is 17.0 Å². The lowest BCUT2D eigenvalue weighted by Crippen LogP contribution is -2.48. The highest BCUT2D eigenvalue weighted by Gasteiger charge is 2.36. The molecule has 6 heteroatoms. The van der Waals surface area contributed by atoms with E-state index >= 15 is 0 Å². The summed E-state index contributed by atoms with van der Waals surface area (Å²) < 4.78 is 0. The lowest BCUT2D eigenvalue weighted by Gasteiger charge is -2.42. The third kappa shape index (κ3) is 2.31. The minimum absolute atomic E-state index is 0.0507. The highest BCUT2D eigenvalue weighted by atomic mass is 16.6. The number of aromatic nitrogens is 1. The first-order chi connectivity index (χ1) is 10.0. The number of nitrogens with one attached hydrogen (secondary N) is 1. The number of benzene rings is 1. The van der Waals surface area contributed by atoms with Crippen LogP contribution in [-0.4, -0.2) is 27.2 Å². The molecule has 0 amide bonds. The van der Waals surface area contributed by atoms with Gasteiger partial charge in [-0.15, -0.1) is 0 Å². The van der Waals surface area contributed by atoms with Gasteiger partial charge in [-0.05, 0) is 38.3 Å². The molecule has 0 unspecified atom stereocenters. The van der Waals surface area contributed by atoms with E-state index in [1.54, 1.807) is 12.3 Å². The molecule has 0 spiro atoms. The molecular formula is C15H17N3O3. The van der Waals surface area contributed by atoms with E-state index < -0.39 is 4.92 Å². The second-order valence-electron chi connectivity index (χ2n) is 5.68. The fourth-order valence-corrected chi connectivity index (χ4v) is 2.81. The predicted octanol–water partition coefficient (Wildman–Crippen LogP) is 2.78. The number of hydrogen-bond donors (Lipinski definition) is 2. The van der Waals surface area contributed by atoms with Crippen LogP contribution in [0.2, 0.25) is 0 Å². The molecule has 1 aliphatic carbocycles. The standard InChI is InChI=1S/C15H17N3O3/c1-10-7-11-12(8-16-10)14(18(20)21)4-3-13(11)17-15(9-19)5-2-6-15/h3-4,7-8,17,19H,2,5-6,9H2,1H3. The maximum Gasteiger partial charge on any atom is 0.278 e. The number of aliphatic hydroxyl groups excluding tert-OH is 1. The summed E-state index contributed by atoms with van der Waals surface area (Å²) in [6.07, 6.45) is 4.44. The SMILES string of the molecule is Cc1cc2c(NC3(CO)CCC3)ccc([N+](=O)[O-])c2cn1. The highest BCUT2D eigenvalue weighted by Crippen LogP contribution is 2.38. The van der Waals surface area contributed by atoms with Gasteiger partial charge in [0.2, 0.25) is 0 Å². The largest absolute Gasteiger partial charge is 0.394 e. The van der Waals surface area contributed by atoms with Crippen LogP contribution >= 0.6 is 0 Å². The fourth-order valence-electron chi connectivity index (χ4n) is 2.81. The number of aryl methyl sites for hydroxylation is 1. The van der Waals surface area contributed by atoms with Crippen molar-refractivity contribution in [2.75, 3.05) is 11.9 Å². The van der Waals surface area contributed by atoms with Crippen molar-refractivity contribution in [3.8, 4) is 0 Å². The molecule has 6 nitrogen and oxygen atoms in total. The average molecular weight is 287 g/mol. The minimum atomic E-state index is -0.395. The zero-order valence-electron chi connectivity index (χ0n) is 11.8. The van der Waals surface area contributed by atoms with E-state index in [1.807, 2.05) is 13.0 Å². The van der Waals surface area contributed by atoms with E-state index in [-0.39, 0.29) is 17.8 Å². The molecule has 1 aromatic carbocycles. The number of nitro benzene ring substituents is 1. The van der Waals surface area contributed by atoms with Gasteiger partial charge in [-0.1, -0.05) is 0 Å². The highest BCUT2D eigenvalue weighted by molar-refractivity contribution is 5.99. The van der Waals surface area contributed by atoms with Crippen LogP contribution in [0.3, 0.4) is 0 Å². The second kappa shape index (κ2) is 4.96. The molecule has 1 fully saturated rings. The van der Waals surface area contributed by atoms with E-state index in [1.165, 1.54) is 6.07 Å². The summed E-state index contributed by atoms with van der Waals surface area (Å²) in [6, 6.07) is 5.05. The number of fused-ring (bicyclic) bond motifs is 1. The maximum absolute atomic E-state index is 11.1. The number of nitrogens with zero attached hydrogens (tertiary/aromatic N) is 2. The third-order valence-corrected chi connectivity index (χ3v) is 4.22. The topological polar surface area (TPSA) is 88.3 Å². The Hall–Kier alpha value is -2.21. The molecule has 1 aromatic heterocycles. The minimum Gasteiger partial charge on any atom is -0.394 e. The van der Waals surface area contributed by atoms with Gasteiger partial charge in [0.1, 0.15) is 0 Å². The number of pyridine rings is 1. The number of rotatable bonds is 4. The lowest BCUT2D eigenvalue weighted by atomic mass is 9.77. The molecule has 1 saturated carbocycles. The molecular weight excluding hydrogens is 270 g/mol. The number of anilines is 1. The number of hydrogen-bond acceptors (Lipinski definition) is 5. The second-order valence-corrected chi connectivity index (χ2v) is 5.68. The van der Waals surface area contributed by atoms with Gasteiger partial charge in [0.05, 0.1) is 22.5 Å². The monoisotopic (exact) mass is 287 g/mol. The Morgan fingerprint density at radius 2 is 2.19 bits per heavy atom. The van der Waals surface area contributed by atoms with Crippen LogP contribution in [0.4, 0.5) is 11.4 Å². The molecule has 1 heterocycles. The van der Waals surface area contributed by atoms with Crippen LogP contribution in [-0.2, 0) is 0 Å². The van der Waals surface area contributed by atoms with Crippen molar-refractivity contribution in [2.45, 2.75) is 31.7 Å². The van der Waals surface area contributed by atoms with Crippen molar-refractivity contribution < 1.29 is 10.0 Å². The van der Waals surface area contributed by atoms with Crippen molar-refractivity contribution in [3.05, 3.63) is 40.2 Å². The fraction of sp³-hybridized carbons (Fsp3) is 0.400. The quantitative estimate of drug-likeness (QED) is 0.666. The first kappa shape index (κ1) is 13.8. The van der Waals surface area contributed by atoms with Crippen molar-refractivity contribution in [1.29, 1.82) is 0 Å². The molecule has 21 heavy (non-hydrogen) atoms. The smallest absolute Gasteiger partial charge is 0.278 e. The summed E-state index contributed by atoms with van der Waals surface area (Å²) in [4.78, 5) is 14.9. The molecule has 0 aliphatic heterocycles. The molecule has 0 saturated heterocycles. The summed E-state index contributed by atoms with van der Waals surface area (Å²) in [7, 11) is 0. The molecule has 1 aliphatic rings. The van der Waals surface area contributed by atoms with Gasteiger partial charge in [0, 0.05) is 29.0 Å². The van der Waals surface area contributed by atoms with Crippen molar-refractivity contribution in [3.63, 3.8) is 0 Å². The zero-order valence-corrected chi connectivity index (χ0v) is 11.8. The predicted molar refractivity (Wildman–Crippen MR) is 80.4 cm³/mol. The van der Waals surface area contributed by atoms with Gasteiger partial charge in [-0.25, -0.2) is 0 Å². The van der Waals surface area contributed by atoms with Crippen LogP contribution < -0.4 is 5.32 Å². The Morgan fingerprint density at radius 3 is 2.76 bits per heavy atom. The molecule has 2 aromatic rings. The summed E-state index contributed by atoms with van der Waals surface area (Å²) in [5, 5.41) is 25.4. The van der Waals surface area contributed by atoms with Crippen molar-refractivity contribution in [1.82, 2.24) is 4.98 Å². The van der Waals surface area contributed by atoms with Gasteiger partial charge >= 0.3 is 0 Å². The van der Waals surface area contributed by atoms with Gasteiger partial charge in [-0.2, -0.15) is 0 Å².